The lowest BCUT2D eigenvalue weighted by molar-refractivity contribution is -0.117. The van der Waals surface area contributed by atoms with Gasteiger partial charge in [0.05, 0.1) is 0 Å². The number of rotatable bonds is 2. The molecule has 5 nitrogen and oxygen atoms in total. The Kier molecular flexibility index (Phi) is 3.19. The van der Waals surface area contributed by atoms with Crippen LogP contribution in [0.2, 0.25) is 0 Å². The van der Waals surface area contributed by atoms with Gasteiger partial charge in [-0.05, 0) is 5.41 Å². The SMILES string of the molecule is CC(C)(C)CC(=O)Nc1n[nH]c2c1CNCC2. The Morgan fingerprint density at radius 2 is 2.24 bits per heavy atom. The molecule has 1 aromatic rings. The molecule has 17 heavy (non-hydrogen) atoms. The molecule has 0 saturated heterocycles. The second kappa shape index (κ2) is 4.49. The maximum Gasteiger partial charge on any atom is 0.226 e. The number of aromatic nitrogens is 2. The van der Waals surface area contributed by atoms with E-state index in [0.717, 1.165) is 30.8 Å². The number of hydrogen-bond donors (Lipinski definition) is 3. The van der Waals surface area contributed by atoms with E-state index in [1.807, 2.05) is 20.8 Å². The zero-order valence-corrected chi connectivity index (χ0v) is 10.7. The summed E-state index contributed by atoms with van der Waals surface area (Å²) in [5, 5.41) is 13.3. The fraction of sp³-hybridized carbons (Fsp3) is 0.667. The molecule has 0 bridgehead atoms. The maximum atomic E-state index is 11.8. The Bertz CT molecular complexity index is 417. The molecular formula is C12H20N4O. The van der Waals surface area contributed by atoms with Crippen LogP contribution in [0.3, 0.4) is 0 Å². The van der Waals surface area contributed by atoms with Crippen molar-refractivity contribution in [2.75, 3.05) is 11.9 Å². The van der Waals surface area contributed by atoms with Gasteiger partial charge in [-0.15, -0.1) is 0 Å². The normalized spacial score (nSPS) is 15.5. The Balaban J connectivity index is 2.04. The number of amides is 1. The van der Waals surface area contributed by atoms with Crippen molar-refractivity contribution in [3.63, 3.8) is 0 Å². The monoisotopic (exact) mass is 236 g/mol. The van der Waals surface area contributed by atoms with E-state index in [0.29, 0.717) is 12.2 Å². The van der Waals surface area contributed by atoms with Crippen LogP contribution in [0.1, 0.15) is 38.4 Å². The first kappa shape index (κ1) is 12.1. The predicted octanol–water partition coefficient (Wildman–Crippen LogP) is 1.43. The molecule has 0 unspecified atom stereocenters. The molecule has 1 aliphatic heterocycles. The van der Waals surface area contributed by atoms with Crippen molar-refractivity contribution in [1.29, 1.82) is 0 Å². The number of anilines is 1. The van der Waals surface area contributed by atoms with Crippen molar-refractivity contribution >= 4 is 11.7 Å². The average Bonchev–Trinajstić information content (AvgIpc) is 2.59. The minimum Gasteiger partial charge on any atom is -0.312 e. The zero-order valence-electron chi connectivity index (χ0n) is 10.7. The number of H-pyrrole nitrogens is 1. The van der Waals surface area contributed by atoms with E-state index in [1.54, 1.807) is 0 Å². The van der Waals surface area contributed by atoms with E-state index < -0.39 is 0 Å². The highest BCUT2D eigenvalue weighted by molar-refractivity contribution is 5.91. The van der Waals surface area contributed by atoms with Crippen LogP contribution in [0.15, 0.2) is 0 Å². The van der Waals surface area contributed by atoms with Crippen LogP contribution in [-0.2, 0) is 17.8 Å². The lowest BCUT2D eigenvalue weighted by Gasteiger charge is -2.17. The Morgan fingerprint density at radius 3 is 2.94 bits per heavy atom. The predicted molar refractivity (Wildman–Crippen MR) is 66.7 cm³/mol. The van der Waals surface area contributed by atoms with Crippen LogP contribution in [0.4, 0.5) is 5.82 Å². The third-order valence-corrected chi connectivity index (χ3v) is 2.76. The summed E-state index contributed by atoms with van der Waals surface area (Å²) < 4.78 is 0. The molecule has 1 amide bonds. The van der Waals surface area contributed by atoms with Crippen LogP contribution in [0.5, 0.6) is 0 Å². The lowest BCUT2D eigenvalue weighted by Crippen LogP contribution is -2.25. The summed E-state index contributed by atoms with van der Waals surface area (Å²) in [5.41, 5.74) is 2.23. The maximum absolute atomic E-state index is 11.8. The van der Waals surface area contributed by atoms with Gasteiger partial charge in [0, 0.05) is 37.2 Å². The number of carbonyl (C=O) groups excluding carboxylic acids is 1. The third-order valence-electron chi connectivity index (χ3n) is 2.76. The molecule has 0 saturated carbocycles. The van der Waals surface area contributed by atoms with Crippen molar-refractivity contribution in [2.24, 2.45) is 5.41 Å². The van der Waals surface area contributed by atoms with Gasteiger partial charge in [-0.25, -0.2) is 0 Å². The van der Waals surface area contributed by atoms with E-state index in [-0.39, 0.29) is 11.3 Å². The standard InChI is InChI=1S/C12H20N4O/c1-12(2,3)6-10(17)14-11-8-7-13-5-4-9(8)15-16-11/h13H,4-7H2,1-3H3,(H2,14,15,16,17). The smallest absolute Gasteiger partial charge is 0.226 e. The quantitative estimate of drug-likeness (QED) is 0.727. The summed E-state index contributed by atoms with van der Waals surface area (Å²) >= 11 is 0. The molecule has 0 radical (unpaired) electrons. The summed E-state index contributed by atoms with van der Waals surface area (Å²) in [7, 11) is 0. The number of carbonyl (C=O) groups is 1. The minimum atomic E-state index is -0.00129. The van der Waals surface area contributed by atoms with Gasteiger partial charge in [0.2, 0.25) is 5.91 Å². The van der Waals surface area contributed by atoms with Gasteiger partial charge in [0.15, 0.2) is 5.82 Å². The molecule has 5 heteroatoms. The molecule has 1 aromatic heterocycles. The molecule has 0 spiro atoms. The van der Waals surface area contributed by atoms with E-state index >= 15 is 0 Å². The van der Waals surface area contributed by atoms with Crippen molar-refractivity contribution in [3.05, 3.63) is 11.3 Å². The van der Waals surface area contributed by atoms with Crippen LogP contribution in [0, 0.1) is 5.41 Å². The highest BCUT2D eigenvalue weighted by Gasteiger charge is 2.20. The van der Waals surface area contributed by atoms with Crippen LogP contribution in [-0.4, -0.2) is 22.6 Å². The second-order valence-electron chi connectivity index (χ2n) is 5.74. The van der Waals surface area contributed by atoms with Gasteiger partial charge < -0.3 is 10.6 Å². The summed E-state index contributed by atoms with van der Waals surface area (Å²) in [4.78, 5) is 11.8. The van der Waals surface area contributed by atoms with Gasteiger partial charge in [0.25, 0.3) is 0 Å². The van der Waals surface area contributed by atoms with Gasteiger partial charge >= 0.3 is 0 Å². The van der Waals surface area contributed by atoms with E-state index in [2.05, 4.69) is 20.8 Å². The van der Waals surface area contributed by atoms with Gasteiger partial charge in [-0.1, -0.05) is 20.8 Å². The van der Waals surface area contributed by atoms with Gasteiger partial charge in [-0.2, -0.15) is 5.10 Å². The molecule has 3 N–H and O–H groups in total. The molecule has 1 aliphatic rings. The topological polar surface area (TPSA) is 69.8 Å². The number of hydrogen-bond acceptors (Lipinski definition) is 3. The first-order chi connectivity index (χ1) is 7.96. The summed E-state index contributed by atoms with van der Waals surface area (Å²) in [6, 6.07) is 0. The minimum absolute atomic E-state index is 0.00129. The Morgan fingerprint density at radius 1 is 1.47 bits per heavy atom. The van der Waals surface area contributed by atoms with Crippen molar-refractivity contribution in [1.82, 2.24) is 15.5 Å². The second-order valence-corrected chi connectivity index (χ2v) is 5.74. The molecule has 0 aliphatic carbocycles. The highest BCUT2D eigenvalue weighted by atomic mass is 16.1. The average molecular weight is 236 g/mol. The van der Waals surface area contributed by atoms with Gasteiger partial charge in [-0.3, -0.25) is 9.89 Å². The first-order valence-corrected chi connectivity index (χ1v) is 6.02. The number of aromatic amines is 1. The molecule has 94 valence electrons. The van der Waals surface area contributed by atoms with Crippen molar-refractivity contribution in [3.8, 4) is 0 Å². The molecule has 2 rings (SSSR count). The van der Waals surface area contributed by atoms with E-state index in [4.69, 9.17) is 0 Å². The first-order valence-electron chi connectivity index (χ1n) is 6.02. The van der Waals surface area contributed by atoms with Crippen molar-refractivity contribution < 1.29 is 4.79 Å². The van der Waals surface area contributed by atoms with Gasteiger partial charge in [0.1, 0.15) is 0 Å². The summed E-state index contributed by atoms with van der Waals surface area (Å²) in [6.07, 6.45) is 1.44. The van der Waals surface area contributed by atoms with Crippen LogP contribution >= 0.6 is 0 Å². The zero-order chi connectivity index (χ0) is 12.5. The molecule has 0 atom stereocenters. The van der Waals surface area contributed by atoms with E-state index in [9.17, 15) is 4.79 Å². The molecular weight excluding hydrogens is 216 g/mol. The van der Waals surface area contributed by atoms with E-state index in [1.165, 1.54) is 0 Å². The highest BCUT2D eigenvalue weighted by Crippen LogP contribution is 2.22. The Labute approximate surface area is 101 Å². The van der Waals surface area contributed by atoms with Crippen LogP contribution in [0.25, 0.3) is 0 Å². The van der Waals surface area contributed by atoms with Crippen LogP contribution < -0.4 is 10.6 Å². The molecule has 0 fully saturated rings. The summed E-state index contributed by atoms with van der Waals surface area (Å²) in [5.74, 6) is 0.707. The molecule has 2 heterocycles. The third kappa shape index (κ3) is 3.06. The fourth-order valence-electron chi connectivity index (χ4n) is 1.99. The largest absolute Gasteiger partial charge is 0.312 e. The number of nitrogens with zero attached hydrogens (tertiary/aromatic N) is 1. The molecule has 0 aromatic carbocycles. The summed E-state index contributed by atoms with van der Waals surface area (Å²) in [6.45, 7) is 7.89. The fourth-order valence-corrected chi connectivity index (χ4v) is 1.99. The van der Waals surface area contributed by atoms with Crippen molar-refractivity contribution in [2.45, 2.75) is 40.2 Å². The number of nitrogens with one attached hydrogen (secondary N) is 3. The number of fused-ring (bicyclic) bond motifs is 1. The Hall–Kier alpha value is -1.36. The lowest BCUT2D eigenvalue weighted by atomic mass is 9.92.